The number of rotatable bonds is 4. The number of Topliss-reactive ketones (excluding diaryl/α,β-unsaturated/α-hetero) is 1. The number of ether oxygens (including phenoxy) is 1. The molecule has 1 saturated heterocycles. The van der Waals surface area contributed by atoms with Crippen molar-refractivity contribution in [2.45, 2.75) is 32.4 Å². The number of benzene rings is 2. The first-order valence-electron chi connectivity index (χ1n) is 9.57. The zero-order valence-corrected chi connectivity index (χ0v) is 15.9. The summed E-state index contributed by atoms with van der Waals surface area (Å²) >= 11 is 0. The summed E-state index contributed by atoms with van der Waals surface area (Å²) in [4.78, 5) is 31.0. The highest BCUT2D eigenvalue weighted by atomic mass is 16.6. The number of piperidine rings is 1. The summed E-state index contributed by atoms with van der Waals surface area (Å²) in [5.74, 6) is 0.380. The predicted octanol–water partition coefficient (Wildman–Crippen LogP) is 4.21. The van der Waals surface area contributed by atoms with Gasteiger partial charge >= 0.3 is 6.09 Å². The van der Waals surface area contributed by atoms with Gasteiger partial charge in [-0.25, -0.2) is 9.78 Å². The third kappa shape index (κ3) is 3.63. The number of nitrogens with zero attached hydrogens (tertiary/aromatic N) is 3. The van der Waals surface area contributed by atoms with Gasteiger partial charge in [-0.2, -0.15) is 0 Å². The third-order valence-corrected chi connectivity index (χ3v) is 5.14. The van der Waals surface area contributed by atoms with Crippen molar-refractivity contribution in [3.8, 4) is 0 Å². The zero-order valence-electron chi connectivity index (χ0n) is 15.9. The number of para-hydroxylation sites is 2. The molecule has 0 N–H and O–H groups in total. The number of hydrogen-bond donors (Lipinski definition) is 0. The van der Waals surface area contributed by atoms with E-state index in [0.29, 0.717) is 18.9 Å². The highest BCUT2D eigenvalue weighted by Gasteiger charge is 2.29. The molecule has 144 valence electrons. The highest BCUT2D eigenvalue weighted by molar-refractivity contribution is 5.94. The predicted molar refractivity (Wildman–Crippen MR) is 106 cm³/mol. The average molecular weight is 377 g/mol. The van der Waals surface area contributed by atoms with E-state index in [-0.39, 0.29) is 24.5 Å². The number of imidazole rings is 1. The van der Waals surface area contributed by atoms with Gasteiger partial charge in [-0.3, -0.25) is 4.79 Å². The molecule has 0 spiro atoms. The maximum absolute atomic E-state index is 12.6. The Morgan fingerprint density at radius 1 is 1.11 bits per heavy atom. The van der Waals surface area contributed by atoms with Gasteiger partial charge in [0.1, 0.15) is 6.61 Å². The summed E-state index contributed by atoms with van der Waals surface area (Å²) in [5, 5.41) is 0. The van der Waals surface area contributed by atoms with Crippen LogP contribution in [0.25, 0.3) is 11.0 Å². The molecule has 4 rings (SSSR count). The van der Waals surface area contributed by atoms with Crippen molar-refractivity contribution >= 4 is 22.9 Å². The van der Waals surface area contributed by atoms with E-state index in [1.54, 1.807) is 4.90 Å². The molecule has 3 aromatic rings. The second-order valence-corrected chi connectivity index (χ2v) is 7.13. The fourth-order valence-corrected chi connectivity index (χ4v) is 3.80. The number of aromatic nitrogens is 2. The van der Waals surface area contributed by atoms with Gasteiger partial charge in [0.25, 0.3) is 0 Å². The Hall–Kier alpha value is -3.15. The van der Waals surface area contributed by atoms with E-state index in [2.05, 4.69) is 4.98 Å². The molecule has 6 heteroatoms. The maximum atomic E-state index is 12.6. The van der Waals surface area contributed by atoms with E-state index < -0.39 is 0 Å². The van der Waals surface area contributed by atoms with Crippen molar-refractivity contribution < 1.29 is 14.3 Å². The second kappa shape index (κ2) is 7.84. The Labute approximate surface area is 163 Å². The molecule has 0 saturated carbocycles. The van der Waals surface area contributed by atoms with Crippen LogP contribution < -0.4 is 0 Å². The van der Waals surface area contributed by atoms with Gasteiger partial charge in [0, 0.05) is 20.0 Å². The van der Waals surface area contributed by atoms with E-state index in [1.807, 2.05) is 59.2 Å². The van der Waals surface area contributed by atoms with E-state index in [1.165, 1.54) is 6.92 Å². The summed E-state index contributed by atoms with van der Waals surface area (Å²) in [6, 6.07) is 17.4. The number of amides is 1. The minimum Gasteiger partial charge on any atom is -0.445 e. The van der Waals surface area contributed by atoms with Gasteiger partial charge in [-0.05, 0) is 30.5 Å². The largest absolute Gasteiger partial charge is 0.445 e. The van der Waals surface area contributed by atoms with E-state index in [4.69, 9.17) is 4.74 Å². The minimum absolute atomic E-state index is 0.00400. The molecular formula is C22H23N3O3. The number of carbonyl (C=O) groups excluding carboxylic acids is 2. The second-order valence-electron chi connectivity index (χ2n) is 7.13. The average Bonchev–Trinajstić information content (AvgIpc) is 3.13. The van der Waals surface area contributed by atoms with E-state index in [0.717, 1.165) is 29.4 Å². The molecule has 0 aliphatic carbocycles. The molecule has 1 aliphatic heterocycles. The summed E-state index contributed by atoms with van der Waals surface area (Å²) in [5.41, 5.74) is 2.69. The monoisotopic (exact) mass is 377 g/mol. The molecule has 1 fully saturated rings. The van der Waals surface area contributed by atoms with Crippen LogP contribution in [0.1, 0.15) is 42.0 Å². The smallest absolute Gasteiger partial charge is 0.410 e. The van der Waals surface area contributed by atoms with Crippen LogP contribution in [0.15, 0.2) is 54.6 Å². The number of fused-ring (bicyclic) bond motifs is 1. The summed E-state index contributed by atoms with van der Waals surface area (Å²) < 4.78 is 7.49. The Morgan fingerprint density at radius 2 is 1.86 bits per heavy atom. The quantitative estimate of drug-likeness (QED) is 0.639. The molecule has 28 heavy (non-hydrogen) atoms. The molecule has 0 radical (unpaired) electrons. The van der Waals surface area contributed by atoms with Crippen molar-refractivity contribution in [1.82, 2.24) is 14.5 Å². The van der Waals surface area contributed by atoms with Crippen LogP contribution in [0.3, 0.4) is 0 Å². The lowest BCUT2D eigenvalue weighted by Crippen LogP contribution is -2.41. The number of carbonyl (C=O) groups is 2. The first kappa shape index (κ1) is 18.2. The number of hydrogen-bond acceptors (Lipinski definition) is 4. The van der Waals surface area contributed by atoms with Crippen LogP contribution in [-0.2, 0) is 11.3 Å². The molecule has 0 unspecified atom stereocenters. The van der Waals surface area contributed by atoms with Crippen LogP contribution in [-0.4, -0.2) is 39.4 Å². The fourth-order valence-electron chi connectivity index (χ4n) is 3.80. The lowest BCUT2D eigenvalue weighted by Gasteiger charge is -2.33. The van der Waals surface area contributed by atoms with Crippen molar-refractivity contribution in [3.05, 3.63) is 66.0 Å². The normalized spacial score (nSPS) is 16.9. The standard InChI is InChI=1S/C22H23N3O3/c1-16(26)21-23-19-11-5-6-12-20(19)25(21)18-10-7-13-24(14-18)22(27)28-15-17-8-3-2-4-9-17/h2-6,8-9,11-12,18H,7,10,13-15H2,1H3/t18-/m1/s1. The minimum atomic E-state index is -0.317. The Balaban J connectivity index is 1.52. The maximum Gasteiger partial charge on any atom is 0.410 e. The molecule has 2 aromatic carbocycles. The van der Waals surface area contributed by atoms with Crippen LogP contribution >= 0.6 is 0 Å². The Bertz CT molecular complexity index is 997. The van der Waals surface area contributed by atoms with Crippen molar-refractivity contribution in [2.75, 3.05) is 13.1 Å². The Morgan fingerprint density at radius 3 is 2.64 bits per heavy atom. The summed E-state index contributed by atoms with van der Waals surface area (Å²) in [7, 11) is 0. The lowest BCUT2D eigenvalue weighted by atomic mass is 10.1. The molecule has 2 heterocycles. The van der Waals surface area contributed by atoms with Crippen LogP contribution in [0.2, 0.25) is 0 Å². The van der Waals surface area contributed by atoms with Crippen LogP contribution in [0.5, 0.6) is 0 Å². The molecule has 0 bridgehead atoms. The van der Waals surface area contributed by atoms with Crippen molar-refractivity contribution in [2.24, 2.45) is 0 Å². The van der Waals surface area contributed by atoms with Crippen molar-refractivity contribution in [1.29, 1.82) is 0 Å². The molecule has 1 aromatic heterocycles. The summed E-state index contributed by atoms with van der Waals surface area (Å²) in [6.45, 7) is 2.96. The van der Waals surface area contributed by atoms with Gasteiger partial charge in [0.2, 0.25) is 0 Å². The first-order valence-corrected chi connectivity index (χ1v) is 9.57. The molecule has 1 aliphatic rings. The van der Waals surface area contributed by atoms with Crippen LogP contribution in [0, 0.1) is 0 Å². The van der Waals surface area contributed by atoms with Gasteiger partial charge < -0.3 is 14.2 Å². The topological polar surface area (TPSA) is 64.4 Å². The SMILES string of the molecule is CC(=O)c1nc2ccccc2n1[C@@H]1CCCN(C(=O)OCc2ccccc2)C1. The third-order valence-electron chi connectivity index (χ3n) is 5.14. The lowest BCUT2D eigenvalue weighted by molar-refractivity contribution is 0.0799. The molecule has 6 nitrogen and oxygen atoms in total. The highest BCUT2D eigenvalue weighted by Crippen LogP contribution is 2.28. The zero-order chi connectivity index (χ0) is 19.5. The fraction of sp³-hybridized carbons (Fsp3) is 0.318. The van der Waals surface area contributed by atoms with Gasteiger partial charge in [-0.1, -0.05) is 42.5 Å². The number of likely N-dealkylation sites (tertiary alicyclic amines) is 1. The first-order chi connectivity index (χ1) is 13.6. The van der Waals surface area contributed by atoms with E-state index >= 15 is 0 Å². The Kier molecular flexibility index (Phi) is 5.10. The number of ketones is 1. The molecule has 1 amide bonds. The van der Waals surface area contributed by atoms with Gasteiger partial charge in [0.05, 0.1) is 17.1 Å². The molecule has 1 atom stereocenters. The van der Waals surface area contributed by atoms with Gasteiger partial charge in [0.15, 0.2) is 11.6 Å². The summed E-state index contributed by atoms with van der Waals surface area (Å²) in [6.07, 6.45) is 1.43. The van der Waals surface area contributed by atoms with E-state index in [9.17, 15) is 9.59 Å². The van der Waals surface area contributed by atoms with Crippen molar-refractivity contribution in [3.63, 3.8) is 0 Å². The van der Waals surface area contributed by atoms with Crippen LogP contribution in [0.4, 0.5) is 4.79 Å². The molecular weight excluding hydrogens is 354 g/mol. The van der Waals surface area contributed by atoms with Gasteiger partial charge in [-0.15, -0.1) is 0 Å².